The molecular weight excluding hydrogens is 334 g/mol. The summed E-state index contributed by atoms with van der Waals surface area (Å²) in [6.07, 6.45) is 6.38. The first-order chi connectivity index (χ1) is 12.6. The van der Waals surface area contributed by atoms with Gasteiger partial charge < -0.3 is 19.9 Å². The van der Waals surface area contributed by atoms with Crippen LogP contribution < -0.4 is 10.1 Å². The van der Waals surface area contributed by atoms with Gasteiger partial charge in [0.25, 0.3) is 0 Å². The second-order valence-electron chi connectivity index (χ2n) is 7.22. The summed E-state index contributed by atoms with van der Waals surface area (Å²) in [6, 6.07) is 7.83. The first kappa shape index (κ1) is 18.7. The van der Waals surface area contributed by atoms with E-state index in [0.717, 1.165) is 24.2 Å². The lowest BCUT2D eigenvalue weighted by atomic mass is 9.90. The van der Waals surface area contributed by atoms with Crippen molar-refractivity contribution >= 4 is 11.9 Å². The van der Waals surface area contributed by atoms with Gasteiger partial charge in [0.1, 0.15) is 11.3 Å². The van der Waals surface area contributed by atoms with Crippen LogP contribution in [0.5, 0.6) is 5.75 Å². The summed E-state index contributed by atoms with van der Waals surface area (Å²) in [6.45, 7) is 0.709. The van der Waals surface area contributed by atoms with Crippen LogP contribution in [0.3, 0.4) is 0 Å². The largest absolute Gasteiger partial charge is 0.490 e. The maximum absolute atomic E-state index is 12.3. The molecule has 2 fully saturated rings. The van der Waals surface area contributed by atoms with E-state index in [0.29, 0.717) is 38.6 Å². The number of ether oxygens (including phenoxy) is 2. The molecule has 0 radical (unpaired) electrons. The minimum atomic E-state index is -1.19. The van der Waals surface area contributed by atoms with Crippen molar-refractivity contribution in [2.24, 2.45) is 0 Å². The lowest BCUT2D eigenvalue weighted by Crippen LogP contribution is -2.57. The molecule has 142 valence electrons. The summed E-state index contributed by atoms with van der Waals surface area (Å²) < 4.78 is 11.2. The smallest absolute Gasteiger partial charge is 0.329 e. The van der Waals surface area contributed by atoms with Crippen LogP contribution in [0.1, 0.15) is 50.5 Å². The summed E-state index contributed by atoms with van der Waals surface area (Å²) >= 11 is 0. The van der Waals surface area contributed by atoms with Crippen LogP contribution in [0, 0.1) is 0 Å². The zero-order valence-corrected chi connectivity index (χ0v) is 15.0. The lowest BCUT2D eigenvalue weighted by molar-refractivity contribution is -0.152. The van der Waals surface area contributed by atoms with Crippen LogP contribution in [-0.2, 0) is 20.7 Å². The molecule has 2 aliphatic rings. The molecule has 0 bridgehead atoms. The molecule has 6 heteroatoms. The molecule has 1 aromatic carbocycles. The summed E-state index contributed by atoms with van der Waals surface area (Å²) in [5, 5.41) is 12.2. The van der Waals surface area contributed by atoms with Crippen LogP contribution in [-0.4, -0.2) is 41.8 Å². The zero-order chi connectivity index (χ0) is 18.4. The quantitative estimate of drug-likeness (QED) is 0.780. The predicted molar refractivity (Wildman–Crippen MR) is 96.2 cm³/mol. The van der Waals surface area contributed by atoms with Crippen LogP contribution in [0.15, 0.2) is 24.3 Å². The molecule has 2 N–H and O–H groups in total. The van der Waals surface area contributed by atoms with E-state index in [1.165, 1.54) is 12.8 Å². The first-order valence-corrected chi connectivity index (χ1v) is 9.45. The van der Waals surface area contributed by atoms with E-state index in [4.69, 9.17) is 9.47 Å². The summed E-state index contributed by atoms with van der Waals surface area (Å²) in [5.74, 6) is -0.376. The molecule has 6 nitrogen and oxygen atoms in total. The van der Waals surface area contributed by atoms with Crippen molar-refractivity contribution in [1.82, 2.24) is 5.32 Å². The molecular formula is C20H27NO5. The second-order valence-corrected chi connectivity index (χ2v) is 7.22. The Bertz CT molecular complexity index is 633. The van der Waals surface area contributed by atoms with Gasteiger partial charge in [-0.05, 0) is 49.8 Å². The van der Waals surface area contributed by atoms with Crippen LogP contribution in [0.4, 0.5) is 0 Å². The van der Waals surface area contributed by atoms with E-state index >= 15 is 0 Å². The Morgan fingerprint density at radius 3 is 2.65 bits per heavy atom. The van der Waals surface area contributed by atoms with E-state index in [2.05, 4.69) is 5.32 Å². The first-order valence-electron chi connectivity index (χ1n) is 9.45. The Morgan fingerprint density at radius 2 is 1.96 bits per heavy atom. The molecule has 0 spiro atoms. The molecule has 0 unspecified atom stereocenters. The molecule has 0 atom stereocenters. The average Bonchev–Trinajstić information content (AvgIpc) is 3.14. The number of aryl methyl sites for hydroxylation is 1. The number of nitrogens with one attached hydrogen (secondary N) is 1. The number of carbonyl (C=O) groups is 2. The van der Waals surface area contributed by atoms with Crippen LogP contribution in [0.25, 0.3) is 0 Å². The molecule has 1 aliphatic carbocycles. The number of amides is 1. The maximum Gasteiger partial charge on any atom is 0.329 e. The second kappa shape index (κ2) is 8.54. The Labute approximate surface area is 153 Å². The summed E-state index contributed by atoms with van der Waals surface area (Å²) in [4.78, 5) is 23.9. The van der Waals surface area contributed by atoms with Gasteiger partial charge in [0.05, 0.1) is 6.10 Å². The van der Waals surface area contributed by atoms with Crippen LogP contribution >= 0.6 is 0 Å². The zero-order valence-electron chi connectivity index (χ0n) is 15.0. The maximum atomic E-state index is 12.3. The Morgan fingerprint density at radius 1 is 1.23 bits per heavy atom. The number of rotatable bonds is 7. The molecule has 1 aromatic rings. The normalized spacial score (nSPS) is 19.8. The molecule has 26 heavy (non-hydrogen) atoms. The molecule has 1 amide bonds. The highest BCUT2D eigenvalue weighted by atomic mass is 16.5. The number of aliphatic carboxylic acids is 1. The van der Waals surface area contributed by atoms with Crippen molar-refractivity contribution in [1.29, 1.82) is 0 Å². The number of benzene rings is 1. The van der Waals surface area contributed by atoms with Gasteiger partial charge in [-0.3, -0.25) is 4.79 Å². The van der Waals surface area contributed by atoms with E-state index < -0.39 is 11.5 Å². The Kier molecular flexibility index (Phi) is 6.14. The summed E-state index contributed by atoms with van der Waals surface area (Å²) in [7, 11) is 0. The van der Waals surface area contributed by atoms with E-state index in [-0.39, 0.29) is 12.3 Å². The van der Waals surface area contributed by atoms with E-state index in [1.807, 2.05) is 24.3 Å². The highest BCUT2D eigenvalue weighted by Crippen LogP contribution is 2.25. The minimum Gasteiger partial charge on any atom is -0.490 e. The van der Waals surface area contributed by atoms with E-state index in [9.17, 15) is 14.7 Å². The fourth-order valence-electron chi connectivity index (χ4n) is 3.67. The fraction of sp³-hybridized carbons (Fsp3) is 0.600. The Balaban J connectivity index is 1.53. The molecule has 1 saturated heterocycles. The number of hydrogen-bond acceptors (Lipinski definition) is 4. The van der Waals surface area contributed by atoms with Crippen molar-refractivity contribution < 1.29 is 24.2 Å². The summed E-state index contributed by atoms with van der Waals surface area (Å²) in [5.41, 5.74) is -0.171. The molecule has 1 heterocycles. The van der Waals surface area contributed by atoms with Crippen molar-refractivity contribution in [3.63, 3.8) is 0 Å². The van der Waals surface area contributed by atoms with Crippen molar-refractivity contribution in [3.05, 3.63) is 29.8 Å². The third-order valence-electron chi connectivity index (χ3n) is 5.28. The van der Waals surface area contributed by atoms with Gasteiger partial charge in [-0.2, -0.15) is 0 Å². The van der Waals surface area contributed by atoms with Crippen LogP contribution in [0.2, 0.25) is 0 Å². The monoisotopic (exact) mass is 361 g/mol. The fourth-order valence-corrected chi connectivity index (χ4v) is 3.67. The average molecular weight is 361 g/mol. The van der Waals surface area contributed by atoms with E-state index in [1.54, 1.807) is 0 Å². The number of hydrogen-bond donors (Lipinski definition) is 2. The highest BCUT2D eigenvalue weighted by molar-refractivity contribution is 5.87. The van der Waals surface area contributed by atoms with Crippen molar-refractivity contribution in [2.45, 2.75) is 63.0 Å². The molecule has 1 saturated carbocycles. The van der Waals surface area contributed by atoms with Gasteiger partial charge in [0, 0.05) is 32.5 Å². The molecule has 3 rings (SSSR count). The van der Waals surface area contributed by atoms with Gasteiger partial charge >= 0.3 is 5.97 Å². The number of carbonyl (C=O) groups excluding carboxylic acids is 1. The van der Waals surface area contributed by atoms with Gasteiger partial charge in [-0.1, -0.05) is 12.1 Å². The van der Waals surface area contributed by atoms with Crippen molar-refractivity contribution in [3.8, 4) is 5.75 Å². The van der Waals surface area contributed by atoms with Crippen molar-refractivity contribution in [2.75, 3.05) is 13.2 Å². The standard InChI is InChI=1S/C20H27NO5/c22-18(21-20(19(23)24)10-12-25-13-11-20)9-8-15-4-3-7-17(14-15)26-16-5-1-2-6-16/h3-4,7,14,16H,1-2,5-6,8-13H2,(H,21,22)(H,23,24). The minimum absolute atomic E-state index is 0.239. The third kappa shape index (κ3) is 4.75. The number of carboxylic acids is 1. The lowest BCUT2D eigenvalue weighted by Gasteiger charge is -2.33. The Hall–Kier alpha value is -2.08. The van der Waals surface area contributed by atoms with Gasteiger partial charge in [-0.25, -0.2) is 4.79 Å². The topological polar surface area (TPSA) is 84.9 Å². The van der Waals surface area contributed by atoms with Gasteiger partial charge in [-0.15, -0.1) is 0 Å². The third-order valence-corrected chi connectivity index (χ3v) is 5.28. The SMILES string of the molecule is O=C(CCc1cccc(OC2CCCC2)c1)NC1(C(=O)O)CCOCC1. The van der Waals surface area contributed by atoms with Gasteiger partial charge in [0.2, 0.25) is 5.91 Å². The van der Waals surface area contributed by atoms with Gasteiger partial charge in [0.15, 0.2) is 0 Å². The molecule has 0 aromatic heterocycles. The molecule has 1 aliphatic heterocycles. The highest BCUT2D eigenvalue weighted by Gasteiger charge is 2.41. The number of carboxylic acid groups (broad SMARTS) is 1. The predicted octanol–water partition coefficient (Wildman–Crippen LogP) is 2.69.